The summed E-state index contributed by atoms with van der Waals surface area (Å²) in [6.45, 7) is 2.56. The van der Waals surface area contributed by atoms with Crippen LogP contribution in [0.1, 0.15) is 30.9 Å². The molecule has 7 nitrogen and oxygen atoms in total. The van der Waals surface area contributed by atoms with Gasteiger partial charge >= 0.3 is 6.09 Å². The maximum Gasteiger partial charge on any atom is 0.408 e. The molecule has 2 N–H and O–H groups in total. The van der Waals surface area contributed by atoms with Gasteiger partial charge in [-0.05, 0) is 36.1 Å². The van der Waals surface area contributed by atoms with Crippen molar-refractivity contribution in [2.24, 2.45) is 0 Å². The van der Waals surface area contributed by atoms with E-state index in [4.69, 9.17) is 14.2 Å². The fraction of sp³-hybridized carbons (Fsp3) is 0.391. The first-order chi connectivity index (χ1) is 14.6. The van der Waals surface area contributed by atoms with Gasteiger partial charge in [-0.3, -0.25) is 4.79 Å². The van der Waals surface area contributed by atoms with Gasteiger partial charge in [0, 0.05) is 6.54 Å². The normalized spacial score (nSPS) is 11.3. The molecule has 2 amide bonds. The van der Waals surface area contributed by atoms with Gasteiger partial charge in [-0.2, -0.15) is 0 Å². The second-order valence-corrected chi connectivity index (χ2v) is 6.78. The van der Waals surface area contributed by atoms with E-state index in [1.807, 2.05) is 55.5 Å². The molecule has 1 unspecified atom stereocenters. The van der Waals surface area contributed by atoms with E-state index in [1.165, 1.54) is 0 Å². The number of alkyl carbamates (subject to hydrolysis) is 1. The summed E-state index contributed by atoms with van der Waals surface area (Å²) in [4.78, 5) is 24.6. The second-order valence-electron chi connectivity index (χ2n) is 6.78. The van der Waals surface area contributed by atoms with E-state index >= 15 is 0 Å². The average Bonchev–Trinajstić information content (AvgIpc) is 2.77. The van der Waals surface area contributed by atoms with Crippen LogP contribution in [-0.4, -0.2) is 38.8 Å². The number of nitrogens with one attached hydrogen (secondary N) is 2. The summed E-state index contributed by atoms with van der Waals surface area (Å²) in [5.41, 5.74) is 1.90. The zero-order chi connectivity index (χ0) is 21.8. The van der Waals surface area contributed by atoms with Crippen LogP contribution >= 0.6 is 0 Å². The number of carbonyl (C=O) groups excluding carboxylic acids is 2. The minimum Gasteiger partial charge on any atom is -0.493 e. The van der Waals surface area contributed by atoms with Crippen LogP contribution in [-0.2, 0) is 22.6 Å². The first-order valence-corrected chi connectivity index (χ1v) is 10.0. The molecule has 0 spiro atoms. The summed E-state index contributed by atoms with van der Waals surface area (Å²) in [5.74, 6) is 1.08. The van der Waals surface area contributed by atoms with Crippen molar-refractivity contribution < 1.29 is 23.8 Å². The molecule has 0 radical (unpaired) electrons. The predicted molar refractivity (Wildman–Crippen MR) is 115 cm³/mol. The van der Waals surface area contributed by atoms with Crippen molar-refractivity contribution in [2.75, 3.05) is 20.8 Å². The zero-order valence-corrected chi connectivity index (χ0v) is 17.8. The third kappa shape index (κ3) is 7.31. The molecule has 2 aromatic rings. The molecule has 0 saturated carbocycles. The van der Waals surface area contributed by atoms with Gasteiger partial charge in [0.15, 0.2) is 11.5 Å². The smallest absolute Gasteiger partial charge is 0.408 e. The molecular weight excluding hydrogens is 384 g/mol. The molecule has 0 bridgehead atoms. The monoisotopic (exact) mass is 414 g/mol. The molecule has 7 heteroatoms. The topological polar surface area (TPSA) is 85.9 Å². The molecule has 0 aromatic heterocycles. The molecule has 2 aromatic carbocycles. The Bertz CT molecular complexity index is 810. The van der Waals surface area contributed by atoms with Gasteiger partial charge in [0.1, 0.15) is 12.6 Å². The summed E-state index contributed by atoms with van der Waals surface area (Å²) in [5, 5.41) is 5.54. The fourth-order valence-electron chi connectivity index (χ4n) is 2.95. The van der Waals surface area contributed by atoms with Gasteiger partial charge in [0.05, 0.1) is 14.2 Å². The van der Waals surface area contributed by atoms with Crippen LogP contribution in [0.4, 0.5) is 4.79 Å². The number of hydrogen-bond acceptors (Lipinski definition) is 5. The lowest BCUT2D eigenvalue weighted by atomic mass is 10.1. The third-order valence-corrected chi connectivity index (χ3v) is 4.56. The summed E-state index contributed by atoms with van der Waals surface area (Å²) in [6.07, 6.45) is 1.31. The van der Waals surface area contributed by atoms with Gasteiger partial charge in [-0.15, -0.1) is 0 Å². The molecule has 0 aliphatic heterocycles. The van der Waals surface area contributed by atoms with Crippen LogP contribution in [0.2, 0.25) is 0 Å². The molecule has 1 atom stereocenters. The number of hydrogen-bond donors (Lipinski definition) is 2. The number of benzene rings is 2. The predicted octanol–water partition coefficient (Wildman–Crippen LogP) is 3.46. The van der Waals surface area contributed by atoms with Crippen molar-refractivity contribution in [3.8, 4) is 11.5 Å². The van der Waals surface area contributed by atoms with Crippen LogP contribution < -0.4 is 20.1 Å². The van der Waals surface area contributed by atoms with Crippen LogP contribution in [0.25, 0.3) is 0 Å². The quantitative estimate of drug-likeness (QED) is 0.588. The molecular formula is C23H30N2O5. The number of methoxy groups -OCH3 is 2. The summed E-state index contributed by atoms with van der Waals surface area (Å²) >= 11 is 0. The summed E-state index contributed by atoms with van der Waals surface area (Å²) < 4.78 is 15.8. The minimum atomic E-state index is -0.635. The highest BCUT2D eigenvalue weighted by Crippen LogP contribution is 2.27. The van der Waals surface area contributed by atoms with E-state index in [1.54, 1.807) is 14.2 Å². The Morgan fingerprint density at radius 3 is 2.37 bits per heavy atom. The van der Waals surface area contributed by atoms with Gasteiger partial charge < -0.3 is 24.8 Å². The summed E-state index contributed by atoms with van der Waals surface area (Å²) in [7, 11) is 3.17. The van der Waals surface area contributed by atoms with Crippen LogP contribution in [0.3, 0.4) is 0 Å². The van der Waals surface area contributed by atoms with Crippen LogP contribution in [0, 0.1) is 0 Å². The maximum absolute atomic E-state index is 12.5. The van der Waals surface area contributed by atoms with Crippen molar-refractivity contribution in [1.82, 2.24) is 10.6 Å². The molecule has 30 heavy (non-hydrogen) atoms. The zero-order valence-electron chi connectivity index (χ0n) is 17.8. The fourth-order valence-corrected chi connectivity index (χ4v) is 2.95. The van der Waals surface area contributed by atoms with Crippen molar-refractivity contribution >= 4 is 12.0 Å². The SMILES string of the molecule is CCCC(NC(=O)OCc1ccccc1)C(=O)NCCc1ccc(OC)c(OC)c1. The van der Waals surface area contributed by atoms with Gasteiger partial charge in [0.25, 0.3) is 0 Å². The molecule has 2 rings (SSSR count). The largest absolute Gasteiger partial charge is 0.493 e. The van der Waals surface area contributed by atoms with Gasteiger partial charge in [0.2, 0.25) is 5.91 Å². The highest BCUT2D eigenvalue weighted by molar-refractivity contribution is 5.85. The first-order valence-electron chi connectivity index (χ1n) is 10.0. The number of rotatable bonds is 11. The molecule has 0 saturated heterocycles. The Kier molecular flexibility index (Phi) is 9.51. The van der Waals surface area contributed by atoms with Crippen molar-refractivity contribution in [2.45, 2.75) is 38.8 Å². The number of carbonyl (C=O) groups is 2. The van der Waals surface area contributed by atoms with E-state index in [0.717, 1.165) is 17.5 Å². The Labute approximate surface area is 177 Å². The van der Waals surface area contributed by atoms with E-state index < -0.39 is 12.1 Å². The Morgan fingerprint density at radius 1 is 0.967 bits per heavy atom. The first kappa shape index (κ1) is 23.1. The van der Waals surface area contributed by atoms with Crippen molar-refractivity contribution in [3.63, 3.8) is 0 Å². The minimum absolute atomic E-state index is 0.159. The van der Waals surface area contributed by atoms with Gasteiger partial charge in [-0.25, -0.2) is 4.79 Å². The number of amides is 2. The highest BCUT2D eigenvalue weighted by Gasteiger charge is 2.20. The molecule has 0 fully saturated rings. The average molecular weight is 415 g/mol. The van der Waals surface area contributed by atoms with E-state index in [0.29, 0.717) is 30.9 Å². The highest BCUT2D eigenvalue weighted by atomic mass is 16.5. The second kappa shape index (κ2) is 12.4. The standard InChI is InChI=1S/C23H30N2O5/c1-4-8-19(25-23(27)30-16-18-9-6-5-7-10-18)22(26)24-14-13-17-11-12-20(28-2)21(15-17)29-3/h5-7,9-12,15,19H,4,8,13-14,16H2,1-3H3,(H,24,26)(H,25,27). The van der Waals surface area contributed by atoms with E-state index in [2.05, 4.69) is 10.6 Å². The number of ether oxygens (including phenoxy) is 3. The lowest BCUT2D eigenvalue weighted by Crippen LogP contribution is -2.47. The lowest BCUT2D eigenvalue weighted by Gasteiger charge is -2.18. The molecule has 0 heterocycles. The molecule has 0 aliphatic rings. The van der Waals surface area contributed by atoms with Crippen LogP contribution in [0.5, 0.6) is 11.5 Å². The Hall–Kier alpha value is -3.22. The molecule has 162 valence electrons. The maximum atomic E-state index is 12.5. The Balaban J connectivity index is 1.82. The van der Waals surface area contributed by atoms with E-state index in [9.17, 15) is 9.59 Å². The lowest BCUT2D eigenvalue weighted by molar-refractivity contribution is -0.123. The third-order valence-electron chi connectivity index (χ3n) is 4.56. The van der Waals surface area contributed by atoms with Crippen molar-refractivity contribution in [3.05, 3.63) is 59.7 Å². The molecule has 0 aliphatic carbocycles. The van der Waals surface area contributed by atoms with Crippen molar-refractivity contribution in [1.29, 1.82) is 0 Å². The van der Waals surface area contributed by atoms with Crippen LogP contribution in [0.15, 0.2) is 48.5 Å². The van der Waals surface area contributed by atoms with E-state index in [-0.39, 0.29) is 12.5 Å². The summed E-state index contributed by atoms with van der Waals surface area (Å²) in [6, 6.07) is 14.4. The van der Waals surface area contributed by atoms with Gasteiger partial charge in [-0.1, -0.05) is 49.7 Å². The Morgan fingerprint density at radius 2 is 1.70 bits per heavy atom.